The molecule has 0 fully saturated rings. The third-order valence-electron chi connectivity index (χ3n) is 2.47. The van der Waals surface area contributed by atoms with Crippen LogP contribution in [-0.4, -0.2) is 23.4 Å². The molecule has 0 aromatic heterocycles. The van der Waals surface area contributed by atoms with E-state index < -0.39 is 11.0 Å². The highest BCUT2D eigenvalue weighted by molar-refractivity contribution is 14.1. The molecule has 7 heteroatoms. The third-order valence-corrected chi connectivity index (χ3v) is 3.14. The number of nitro benzene ring substituents is 1. The summed E-state index contributed by atoms with van der Waals surface area (Å²) in [6.45, 7) is 4.23. The van der Waals surface area contributed by atoms with Crippen LogP contribution in [0, 0.1) is 13.7 Å². The van der Waals surface area contributed by atoms with Gasteiger partial charge in [-0.2, -0.15) is 0 Å². The number of rotatable bonds is 6. The highest BCUT2D eigenvalue weighted by Gasteiger charge is 2.18. The molecule has 6 nitrogen and oxygen atoms in total. The third kappa shape index (κ3) is 4.66. The minimum absolute atomic E-state index is 0.0259. The van der Waals surface area contributed by atoms with Gasteiger partial charge in [-0.05, 0) is 48.1 Å². The van der Waals surface area contributed by atoms with E-state index in [-0.39, 0.29) is 11.6 Å². The Hall–Kier alpha value is -1.38. The maximum Gasteiger partial charge on any atom is 0.293 e. The molecule has 0 saturated heterocycles. The lowest BCUT2D eigenvalue weighted by molar-refractivity contribution is -0.384. The van der Waals surface area contributed by atoms with Crippen LogP contribution in [0.1, 0.15) is 20.3 Å². The molecule has 1 unspecified atom stereocenters. The van der Waals surface area contributed by atoms with E-state index in [9.17, 15) is 14.9 Å². The normalized spacial score (nSPS) is 11.7. The van der Waals surface area contributed by atoms with Crippen LogP contribution < -0.4 is 10.6 Å². The largest absolute Gasteiger partial charge is 0.368 e. The summed E-state index contributed by atoms with van der Waals surface area (Å²) in [4.78, 5) is 22.2. The van der Waals surface area contributed by atoms with Gasteiger partial charge in [0.25, 0.3) is 5.69 Å². The Kier molecular flexibility index (Phi) is 6.00. The van der Waals surface area contributed by atoms with Gasteiger partial charge >= 0.3 is 0 Å². The molecule has 0 saturated carbocycles. The lowest BCUT2D eigenvalue weighted by Crippen LogP contribution is -2.38. The number of carbonyl (C=O) groups is 1. The first-order chi connectivity index (χ1) is 8.95. The smallest absolute Gasteiger partial charge is 0.293 e. The SMILES string of the molecule is CCCNC(=O)C(C)Nc1ccc(I)cc1[N+](=O)[O-]. The Balaban J connectivity index is 2.81. The monoisotopic (exact) mass is 377 g/mol. The molecule has 1 rings (SSSR count). The fraction of sp³-hybridized carbons (Fsp3) is 0.417. The van der Waals surface area contributed by atoms with E-state index in [1.54, 1.807) is 19.1 Å². The number of nitro groups is 1. The van der Waals surface area contributed by atoms with E-state index in [1.807, 2.05) is 29.5 Å². The van der Waals surface area contributed by atoms with Crippen molar-refractivity contribution in [1.29, 1.82) is 0 Å². The summed E-state index contributed by atoms with van der Waals surface area (Å²) in [5, 5.41) is 16.6. The predicted molar refractivity (Wildman–Crippen MR) is 82.2 cm³/mol. The molecule has 1 amide bonds. The second-order valence-corrected chi connectivity index (χ2v) is 5.32. The number of benzene rings is 1. The molecular weight excluding hydrogens is 361 g/mol. The highest BCUT2D eigenvalue weighted by Crippen LogP contribution is 2.26. The topological polar surface area (TPSA) is 84.3 Å². The van der Waals surface area contributed by atoms with Crippen LogP contribution in [-0.2, 0) is 4.79 Å². The number of amides is 1. The van der Waals surface area contributed by atoms with Crippen molar-refractivity contribution in [2.24, 2.45) is 0 Å². The summed E-state index contributed by atoms with van der Waals surface area (Å²) >= 11 is 2.01. The van der Waals surface area contributed by atoms with Crippen LogP contribution in [0.3, 0.4) is 0 Å². The van der Waals surface area contributed by atoms with Crippen LogP contribution in [0.4, 0.5) is 11.4 Å². The van der Waals surface area contributed by atoms with Gasteiger partial charge in [0.05, 0.1) is 4.92 Å². The maximum absolute atomic E-state index is 11.7. The van der Waals surface area contributed by atoms with Crippen LogP contribution >= 0.6 is 22.6 Å². The summed E-state index contributed by atoms with van der Waals surface area (Å²) in [5.74, 6) is -0.172. The zero-order valence-corrected chi connectivity index (χ0v) is 12.9. The summed E-state index contributed by atoms with van der Waals surface area (Å²) in [6, 6.07) is 4.32. The van der Waals surface area contributed by atoms with Gasteiger partial charge in [-0.1, -0.05) is 6.92 Å². The molecule has 1 aromatic rings. The minimum Gasteiger partial charge on any atom is -0.368 e. The number of nitrogens with one attached hydrogen (secondary N) is 2. The van der Waals surface area contributed by atoms with Gasteiger partial charge in [0.15, 0.2) is 0 Å². The summed E-state index contributed by atoms with van der Waals surface area (Å²) in [7, 11) is 0. The number of hydrogen-bond acceptors (Lipinski definition) is 4. The molecule has 0 aliphatic heterocycles. The maximum atomic E-state index is 11.7. The number of hydrogen-bond donors (Lipinski definition) is 2. The van der Waals surface area contributed by atoms with Crippen molar-refractivity contribution in [3.8, 4) is 0 Å². The van der Waals surface area contributed by atoms with Crippen LogP contribution in [0.5, 0.6) is 0 Å². The molecular formula is C12H16IN3O3. The Morgan fingerprint density at radius 1 is 1.53 bits per heavy atom. The lowest BCUT2D eigenvalue weighted by Gasteiger charge is -2.15. The molecule has 2 N–H and O–H groups in total. The van der Waals surface area contributed by atoms with Crippen molar-refractivity contribution in [3.05, 3.63) is 31.9 Å². The van der Waals surface area contributed by atoms with Crippen molar-refractivity contribution in [3.63, 3.8) is 0 Å². The van der Waals surface area contributed by atoms with Crippen LogP contribution in [0.25, 0.3) is 0 Å². The van der Waals surface area contributed by atoms with Crippen molar-refractivity contribution < 1.29 is 9.72 Å². The number of nitrogens with zero attached hydrogens (tertiary/aromatic N) is 1. The average molecular weight is 377 g/mol. The molecule has 19 heavy (non-hydrogen) atoms. The number of anilines is 1. The Labute approximate surface area is 125 Å². The van der Waals surface area contributed by atoms with E-state index in [4.69, 9.17) is 0 Å². The predicted octanol–water partition coefficient (Wildman–Crippen LogP) is 2.53. The molecule has 0 aliphatic rings. The Morgan fingerprint density at radius 3 is 2.79 bits per heavy atom. The second kappa shape index (κ2) is 7.27. The molecule has 0 bridgehead atoms. The zero-order valence-electron chi connectivity index (χ0n) is 10.8. The summed E-state index contributed by atoms with van der Waals surface area (Å²) in [5.41, 5.74) is 0.326. The van der Waals surface area contributed by atoms with Crippen molar-refractivity contribution >= 4 is 39.9 Å². The lowest BCUT2D eigenvalue weighted by atomic mass is 10.2. The number of carbonyl (C=O) groups excluding carboxylic acids is 1. The minimum atomic E-state index is -0.523. The van der Waals surface area contributed by atoms with E-state index in [0.717, 1.165) is 9.99 Å². The Morgan fingerprint density at radius 2 is 2.21 bits per heavy atom. The molecule has 0 radical (unpaired) electrons. The Bertz CT molecular complexity index is 479. The molecule has 104 valence electrons. The number of halogens is 1. The fourth-order valence-electron chi connectivity index (χ4n) is 1.48. The first-order valence-corrected chi connectivity index (χ1v) is 7.01. The van der Waals surface area contributed by atoms with E-state index in [2.05, 4.69) is 10.6 Å². The van der Waals surface area contributed by atoms with Gasteiger partial charge in [0.1, 0.15) is 11.7 Å². The molecule has 0 heterocycles. The van der Waals surface area contributed by atoms with Crippen LogP contribution in [0.2, 0.25) is 0 Å². The molecule has 1 aromatic carbocycles. The fourth-order valence-corrected chi connectivity index (χ4v) is 1.95. The van der Waals surface area contributed by atoms with Crippen LogP contribution in [0.15, 0.2) is 18.2 Å². The van der Waals surface area contributed by atoms with E-state index >= 15 is 0 Å². The first kappa shape index (κ1) is 15.7. The molecule has 0 spiro atoms. The van der Waals surface area contributed by atoms with Gasteiger partial charge in [-0.25, -0.2) is 0 Å². The van der Waals surface area contributed by atoms with Crippen molar-refractivity contribution in [1.82, 2.24) is 5.32 Å². The quantitative estimate of drug-likeness (QED) is 0.453. The molecule has 1 atom stereocenters. The second-order valence-electron chi connectivity index (χ2n) is 4.08. The zero-order chi connectivity index (χ0) is 14.4. The van der Waals surface area contributed by atoms with Gasteiger partial charge in [-0.15, -0.1) is 0 Å². The first-order valence-electron chi connectivity index (χ1n) is 5.94. The highest BCUT2D eigenvalue weighted by atomic mass is 127. The van der Waals surface area contributed by atoms with Gasteiger partial charge in [0.2, 0.25) is 5.91 Å². The van der Waals surface area contributed by atoms with Crippen molar-refractivity contribution in [2.45, 2.75) is 26.3 Å². The average Bonchev–Trinajstić information content (AvgIpc) is 2.37. The van der Waals surface area contributed by atoms with Crippen molar-refractivity contribution in [2.75, 3.05) is 11.9 Å². The van der Waals surface area contributed by atoms with E-state index in [0.29, 0.717) is 12.2 Å². The van der Waals surface area contributed by atoms with Gasteiger partial charge in [0, 0.05) is 16.2 Å². The molecule has 0 aliphatic carbocycles. The standard InChI is InChI=1S/C12H16IN3O3/c1-3-6-14-12(17)8(2)15-10-5-4-9(13)7-11(10)16(18)19/h4-5,7-8,15H,3,6H2,1-2H3,(H,14,17). The van der Waals surface area contributed by atoms with E-state index in [1.165, 1.54) is 6.07 Å². The van der Waals surface area contributed by atoms with Gasteiger partial charge in [-0.3, -0.25) is 14.9 Å². The van der Waals surface area contributed by atoms with Gasteiger partial charge < -0.3 is 10.6 Å². The summed E-state index contributed by atoms with van der Waals surface area (Å²) in [6.07, 6.45) is 0.849. The summed E-state index contributed by atoms with van der Waals surface area (Å²) < 4.78 is 0.776.